The van der Waals surface area contributed by atoms with Crippen LogP contribution in [0.15, 0.2) is 48.5 Å². The quantitative estimate of drug-likeness (QED) is 0.378. The Kier molecular flexibility index (Phi) is 6.22. The van der Waals surface area contributed by atoms with Gasteiger partial charge < -0.3 is 10.2 Å². The van der Waals surface area contributed by atoms with Crippen molar-refractivity contribution in [1.82, 2.24) is 19.5 Å². The van der Waals surface area contributed by atoms with E-state index in [2.05, 4.69) is 42.0 Å². The van der Waals surface area contributed by atoms with Crippen LogP contribution in [0.1, 0.15) is 26.3 Å². The van der Waals surface area contributed by atoms with Gasteiger partial charge in [0, 0.05) is 48.8 Å². The van der Waals surface area contributed by atoms with E-state index in [1.54, 1.807) is 23.5 Å². The van der Waals surface area contributed by atoms with Gasteiger partial charge in [-0.2, -0.15) is 4.52 Å². The molecule has 1 aliphatic heterocycles. The molecule has 0 aliphatic carbocycles. The summed E-state index contributed by atoms with van der Waals surface area (Å²) >= 11 is 7.93. The summed E-state index contributed by atoms with van der Waals surface area (Å²) in [5.74, 6) is 0.568. The molecule has 5 rings (SSSR count). The molecular formula is C25H28ClFN6S. The number of imidazole rings is 1. The van der Waals surface area contributed by atoms with Gasteiger partial charge in [-0.25, -0.2) is 9.37 Å². The van der Waals surface area contributed by atoms with Crippen LogP contribution in [0.4, 0.5) is 15.3 Å². The van der Waals surface area contributed by atoms with Gasteiger partial charge in [0.05, 0.1) is 0 Å². The molecule has 0 amide bonds. The van der Waals surface area contributed by atoms with Crippen LogP contribution >= 0.6 is 22.9 Å². The van der Waals surface area contributed by atoms with Gasteiger partial charge in [0.1, 0.15) is 11.5 Å². The Morgan fingerprint density at radius 2 is 1.74 bits per heavy atom. The van der Waals surface area contributed by atoms with Crippen molar-refractivity contribution in [2.75, 3.05) is 36.4 Å². The van der Waals surface area contributed by atoms with Gasteiger partial charge in [-0.3, -0.25) is 4.90 Å². The second-order valence-corrected chi connectivity index (χ2v) is 11.0. The van der Waals surface area contributed by atoms with Crippen molar-refractivity contribution >= 4 is 38.8 Å². The van der Waals surface area contributed by atoms with Crippen molar-refractivity contribution in [3.05, 3.63) is 64.9 Å². The van der Waals surface area contributed by atoms with Crippen LogP contribution in [-0.2, 0) is 6.54 Å². The number of benzene rings is 2. The van der Waals surface area contributed by atoms with E-state index in [0.717, 1.165) is 70.5 Å². The van der Waals surface area contributed by atoms with E-state index in [1.807, 2.05) is 22.7 Å². The minimum absolute atomic E-state index is 0.182. The highest BCUT2D eigenvalue weighted by Crippen LogP contribution is 2.35. The molecule has 2 aromatic carbocycles. The summed E-state index contributed by atoms with van der Waals surface area (Å²) in [6, 6.07) is 14.5. The van der Waals surface area contributed by atoms with E-state index >= 15 is 0 Å². The Morgan fingerprint density at radius 3 is 2.41 bits per heavy atom. The van der Waals surface area contributed by atoms with Crippen molar-refractivity contribution in [2.24, 2.45) is 0 Å². The summed E-state index contributed by atoms with van der Waals surface area (Å²) in [5.41, 5.74) is 2.63. The second-order valence-electron chi connectivity index (χ2n) is 9.62. The molecule has 1 aliphatic rings. The van der Waals surface area contributed by atoms with Gasteiger partial charge in [-0.15, -0.1) is 5.10 Å². The summed E-state index contributed by atoms with van der Waals surface area (Å²) in [4.78, 5) is 10.4. The fraction of sp³-hybridized carbons (Fsp3) is 0.360. The molecule has 0 saturated carbocycles. The van der Waals surface area contributed by atoms with Gasteiger partial charge in [0.25, 0.3) is 0 Å². The van der Waals surface area contributed by atoms with E-state index in [1.165, 1.54) is 12.1 Å². The number of rotatable bonds is 5. The SMILES string of the molecule is CC(C)(C)Nc1c(-c2ccc(F)cc2)nc2sc(N3CCN(Cc4ccccc4Cl)CC3)nn12. The highest BCUT2D eigenvalue weighted by molar-refractivity contribution is 7.20. The van der Waals surface area contributed by atoms with Crippen molar-refractivity contribution in [1.29, 1.82) is 0 Å². The third-order valence-corrected chi connectivity index (χ3v) is 7.14. The first-order valence-corrected chi connectivity index (χ1v) is 12.6. The third kappa shape index (κ3) is 4.89. The molecule has 178 valence electrons. The highest BCUT2D eigenvalue weighted by atomic mass is 35.5. The molecule has 0 radical (unpaired) electrons. The lowest BCUT2D eigenvalue weighted by Crippen LogP contribution is -2.46. The minimum Gasteiger partial charge on any atom is -0.364 e. The van der Waals surface area contributed by atoms with Gasteiger partial charge >= 0.3 is 0 Å². The molecular weight excluding hydrogens is 471 g/mol. The third-order valence-electron chi connectivity index (χ3n) is 5.80. The maximum absolute atomic E-state index is 13.5. The standard InChI is InChI=1S/C25H28ClFN6S/c1-25(2,3)29-22-21(17-8-10-19(27)11-9-17)28-23-33(22)30-24(34-23)32-14-12-31(13-15-32)16-18-6-4-5-7-20(18)26/h4-11,29H,12-16H2,1-3H3. The zero-order chi connectivity index (χ0) is 23.9. The average Bonchev–Trinajstić information content (AvgIpc) is 3.35. The number of aromatic nitrogens is 3. The molecule has 1 saturated heterocycles. The van der Waals surface area contributed by atoms with E-state index in [0.29, 0.717) is 0 Å². The molecule has 1 N–H and O–H groups in total. The number of nitrogens with one attached hydrogen (secondary N) is 1. The van der Waals surface area contributed by atoms with Crippen molar-refractivity contribution in [2.45, 2.75) is 32.9 Å². The topological polar surface area (TPSA) is 48.7 Å². The zero-order valence-electron chi connectivity index (χ0n) is 19.6. The summed E-state index contributed by atoms with van der Waals surface area (Å²) < 4.78 is 15.4. The van der Waals surface area contributed by atoms with Gasteiger partial charge in [-0.1, -0.05) is 41.1 Å². The van der Waals surface area contributed by atoms with E-state index in [-0.39, 0.29) is 11.4 Å². The van der Waals surface area contributed by atoms with E-state index in [4.69, 9.17) is 21.7 Å². The Hall–Kier alpha value is -2.68. The molecule has 0 spiro atoms. The lowest BCUT2D eigenvalue weighted by molar-refractivity contribution is 0.249. The van der Waals surface area contributed by atoms with Crippen molar-refractivity contribution < 1.29 is 4.39 Å². The molecule has 0 bridgehead atoms. The summed E-state index contributed by atoms with van der Waals surface area (Å²) in [5, 5.41) is 10.3. The number of piperazine rings is 1. The smallest absolute Gasteiger partial charge is 0.216 e. The Bertz CT molecular complexity index is 1290. The molecule has 2 aromatic heterocycles. The first kappa shape index (κ1) is 23.1. The maximum atomic E-state index is 13.5. The molecule has 6 nitrogen and oxygen atoms in total. The van der Waals surface area contributed by atoms with Gasteiger partial charge in [0.15, 0.2) is 5.82 Å². The summed E-state index contributed by atoms with van der Waals surface area (Å²) in [7, 11) is 0. The summed E-state index contributed by atoms with van der Waals surface area (Å²) in [6.45, 7) is 10.9. The Labute approximate surface area is 208 Å². The predicted molar refractivity (Wildman–Crippen MR) is 139 cm³/mol. The van der Waals surface area contributed by atoms with Gasteiger partial charge in [0.2, 0.25) is 10.1 Å². The number of halogens is 2. The van der Waals surface area contributed by atoms with Crippen molar-refractivity contribution in [3.63, 3.8) is 0 Å². The van der Waals surface area contributed by atoms with Gasteiger partial charge in [-0.05, 0) is 56.7 Å². The van der Waals surface area contributed by atoms with E-state index < -0.39 is 0 Å². The summed E-state index contributed by atoms with van der Waals surface area (Å²) in [6.07, 6.45) is 0. The van der Waals surface area contributed by atoms with Crippen molar-refractivity contribution in [3.8, 4) is 11.3 Å². The highest BCUT2D eigenvalue weighted by Gasteiger charge is 2.25. The average molecular weight is 499 g/mol. The maximum Gasteiger partial charge on any atom is 0.216 e. The lowest BCUT2D eigenvalue weighted by Gasteiger charge is -2.34. The van der Waals surface area contributed by atoms with Crippen LogP contribution in [0, 0.1) is 5.82 Å². The first-order chi connectivity index (χ1) is 16.3. The fourth-order valence-electron chi connectivity index (χ4n) is 4.11. The molecule has 0 atom stereocenters. The lowest BCUT2D eigenvalue weighted by atomic mass is 10.1. The van der Waals surface area contributed by atoms with Crippen LogP contribution < -0.4 is 10.2 Å². The Balaban J connectivity index is 1.37. The molecule has 34 heavy (non-hydrogen) atoms. The number of hydrogen-bond acceptors (Lipinski definition) is 6. The second kappa shape index (κ2) is 9.17. The van der Waals surface area contributed by atoms with E-state index in [9.17, 15) is 4.39 Å². The molecule has 1 fully saturated rings. The van der Waals surface area contributed by atoms with Crippen LogP contribution in [0.2, 0.25) is 5.02 Å². The van der Waals surface area contributed by atoms with Crippen LogP contribution in [0.25, 0.3) is 16.2 Å². The van der Waals surface area contributed by atoms with Crippen LogP contribution in [-0.4, -0.2) is 51.2 Å². The number of anilines is 2. The minimum atomic E-state index is -0.260. The van der Waals surface area contributed by atoms with Crippen LogP contribution in [0.5, 0.6) is 0 Å². The first-order valence-electron chi connectivity index (χ1n) is 11.4. The molecule has 3 heterocycles. The largest absolute Gasteiger partial charge is 0.364 e. The predicted octanol–water partition coefficient (Wildman–Crippen LogP) is 5.78. The zero-order valence-corrected chi connectivity index (χ0v) is 21.1. The molecule has 0 unspecified atom stereocenters. The molecule has 4 aromatic rings. The molecule has 9 heteroatoms. The number of nitrogens with zero attached hydrogens (tertiary/aromatic N) is 5. The monoisotopic (exact) mass is 498 g/mol. The fourth-order valence-corrected chi connectivity index (χ4v) is 5.26. The number of hydrogen-bond donors (Lipinski definition) is 1. The van der Waals surface area contributed by atoms with Crippen LogP contribution in [0.3, 0.4) is 0 Å². The number of fused-ring (bicyclic) bond motifs is 1. The normalized spacial score (nSPS) is 15.3. The Morgan fingerprint density at radius 1 is 1.03 bits per heavy atom.